The molecule has 0 aliphatic rings. The van der Waals surface area contributed by atoms with Gasteiger partial charge in [0, 0.05) is 5.39 Å². The summed E-state index contributed by atoms with van der Waals surface area (Å²) in [6.45, 7) is 12.1. The van der Waals surface area contributed by atoms with Gasteiger partial charge in [-0.25, -0.2) is 0 Å². The molecule has 2 rings (SSSR count). The zero-order valence-corrected chi connectivity index (χ0v) is 14.9. The summed E-state index contributed by atoms with van der Waals surface area (Å²) in [5.74, 6) is 0. The van der Waals surface area contributed by atoms with Crippen molar-refractivity contribution in [2.24, 2.45) is 0 Å². The lowest BCUT2D eigenvalue weighted by molar-refractivity contribution is 0.477. The van der Waals surface area contributed by atoms with Gasteiger partial charge in [0.25, 0.3) is 10.1 Å². The van der Waals surface area contributed by atoms with Crippen molar-refractivity contribution in [3.05, 3.63) is 41.5 Å². The molecule has 0 fully saturated rings. The van der Waals surface area contributed by atoms with Crippen LogP contribution in [0.4, 0.5) is 0 Å². The Morgan fingerprint density at radius 2 is 1.41 bits per heavy atom. The topological polar surface area (TPSA) is 54.4 Å². The molecule has 0 unspecified atom stereocenters. The normalized spacial score (nSPS) is 13.6. The molecule has 0 amide bonds. The van der Waals surface area contributed by atoms with Crippen molar-refractivity contribution in [2.75, 3.05) is 0 Å². The fraction of sp³-hybridized carbons (Fsp3) is 0.444. The van der Waals surface area contributed by atoms with Gasteiger partial charge >= 0.3 is 0 Å². The Hall–Kier alpha value is -1.39. The molecule has 0 spiro atoms. The molecule has 0 aliphatic carbocycles. The smallest absolute Gasteiger partial charge is 0.282 e. The van der Waals surface area contributed by atoms with Crippen LogP contribution < -0.4 is 0 Å². The predicted octanol–water partition coefficient (Wildman–Crippen LogP) is 4.68. The van der Waals surface area contributed by atoms with Crippen molar-refractivity contribution in [1.29, 1.82) is 0 Å². The second-order valence-electron chi connectivity index (χ2n) is 7.85. The summed E-state index contributed by atoms with van der Waals surface area (Å²) in [7, 11) is -4.31. The molecule has 0 aliphatic heterocycles. The maximum absolute atomic E-state index is 12.0. The summed E-state index contributed by atoms with van der Waals surface area (Å²) >= 11 is 0. The highest BCUT2D eigenvalue weighted by Gasteiger charge is 2.27. The monoisotopic (exact) mass is 320 g/mol. The Balaban J connectivity index is 2.98. The van der Waals surface area contributed by atoms with Crippen molar-refractivity contribution in [3.63, 3.8) is 0 Å². The molecule has 0 radical (unpaired) electrons. The third-order valence-electron chi connectivity index (χ3n) is 3.90. The molecule has 1 N–H and O–H groups in total. The second kappa shape index (κ2) is 5.07. The zero-order valence-electron chi connectivity index (χ0n) is 14.1. The van der Waals surface area contributed by atoms with E-state index in [0.717, 1.165) is 10.9 Å². The van der Waals surface area contributed by atoms with Crippen molar-refractivity contribution in [1.82, 2.24) is 0 Å². The molecule has 0 saturated carbocycles. The molecule has 4 heteroatoms. The molecule has 3 nitrogen and oxygen atoms in total. The Labute approximate surface area is 133 Å². The van der Waals surface area contributed by atoms with Crippen molar-refractivity contribution < 1.29 is 13.0 Å². The lowest BCUT2D eigenvalue weighted by atomic mass is 9.83. The SMILES string of the molecule is CC(C)(C)c1ccc2ccc(C(C)(C)C)c(S(=O)(=O)O)c2c1. The quantitative estimate of drug-likeness (QED) is 0.776. The van der Waals surface area contributed by atoms with E-state index in [4.69, 9.17) is 0 Å². The van der Waals surface area contributed by atoms with Gasteiger partial charge in [-0.15, -0.1) is 0 Å². The number of hydrogen-bond acceptors (Lipinski definition) is 2. The first-order valence-electron chi connectivity index (χ1n) is 7.37. The van der Waals surface area contributed by atoms with Gasteiger partial charge in [-0.05, 0) is 33.4 Å². The van der Waals surface area contributed by atoms with Gasteiger partial charge in [0.05, 0.1) is 0 Å². The molecule has 120 valence electrons. The second-order valence-corrected chi connectivity index (χ2v) is 9.21. The van der Waals surface area contributed by atoms with Gasteiger partial charge in [0.1, 0.15) is 4.90 Å². The van der Waals surface area contributed by atoms with Gasteiger partial charge in [0.2, 0.25) is 0 Å². The number of fused-ring (bicyclic) bond motifs is 1. The van der Waals surface area contributed by atoms with Crippen molar-refractivity contribution in [2.45, 2.75) is 57.3 Å². The molecule has 2 aromatic carbocycles. The zero-order chi connectivity index (χ0) is 16.9. The van der Waals surface area contributed by atoms with Gasteiger partial charge in [-0.1, -0.05) is 65.8 Å². The highest BCUT2D eigenvalue weighted by molar-refractivity contribution is 7.86. The molecular weight excluding hydrogens is 296 g/mol. The van der Waals surface area contributed by atoms with Crippen molar-refractivity contribution >= 4 is 20.9 Å². The van der Waals surface area contributed by atoms with E-state index in [1.54, 1.807) is 6.07 Å². The number of benzene rings is 2. The van der Waals surface area contributed by atoms with Crippen LogP contribution in [0.25, 0.3) is 10.8 Å². The molecule has 0 bridgehead atoms. The first-order valence-corrected chi connectivity index (χ1v) is 8.81. The van der Waals surface area contributed by atoms with Crippen LogP contribution in [0.15, 0.2) is 35.2 Å². The third-order valence-corrected chi connectivity index (χ3v) is 4.86. The van der Waals surface area contributed by atoms with Gasteiger partial charge in [0.15, 0.2) is 0 Å². The highest BCUT2D eigenvalue weighted by atomic mass is 32.2. The van der Waals surface area contributed by atoms with Gasteiger partial charge < -0.3 is 0 Å². The average Bonchev–Trinajstić information content (AvgIpc) is 2.33. The van der Waals surface area contributed by atoms with Crippen LogP contribution in [0, 0.1) is 0 Å². The third kappa shape index (κ3) is 3.18. The predicted molar refractivity (Wildman–Crippen MR) is 91.2 cm³/mol. The molecule has 0 atom stereocenters. The molecule has 0 saturated heterocycles. The first kappa shape index (κ1) is 17.0. The Morgan fingerprint density at radius 3 is 1.86 bits per heavy atom. The standard InChI is InChI=1S/C18H24O3S/c1-17(2,3)13-9-7-12-8-10-15(18(4,5)6)16(14(12)11-13)22(19,20)21/h7-11H,1-6H3,(H,19,20,21). The summed E-state index contributed by atoms with van der Waals surface area (Å²) in [6, 6.07) is 9.51. The molecule has 22 heavy (non-hydrogen) atoms. The summed E-state index contributed by atoms with van der Waals surface area (Å²) in [6.07, 6.45) is 0. The Morgan fingerprint density at radius 1 is 0.864 bits per heavy atom. The van der Waals surface area contributed by atoms with Crippen LogP contribution in [0.1, 0.15) is 52.7 Å². The average molecular weight is 320 g/mol. The lowest BCUT2D eigenvalue weighted by Gasteiger charge is -2.24. The fourth-order valence-corrected chi connectivity index (χ4v) is 3.73. The van der Waals surface area contributed by atoms with Crippen molar-refractivity contribution in [3.8, 4) is 0 Å². The van der Waals surface area contributed by atoms with E-state index in [1.807, 2.05) is 45.0 Å². The van der Waals surface area contributed by atoms with Crippen LogP contribution in [-0.2, 0) is 20.9 Å². The largest absolute Gasteiger partial charge is 0.295 e. The van der Waals surface area contributed by atoms with Crippen LogP contribution in [0.3, 0.4) is 0 Å². The van der Waals surface area contributed by atoms with Gasteiger partial charge in [-0.2, -0.15) is 8.42 Å². The van der Waals surface area contributed by atoms with E-state index in [0.29, 0.717) is 10.9 Å². The Kier molecular flexibility index (Phi) is 3.91. The lowest BCUT2D eigenvalue weighted by Crippen LogP contribution is -2.17. The first-order chi connectivity index (χ1) is 9.82. The van der Waals surface area contributed by atoms with Gasteiger partial charge in [-0.3, -0.25) is 4.55 Å². The molecule has 2 aromatic rings. The maximum Gasteiger partial charge on any atom is 0.295 e. The van der Waals surface area contributed by atoms with Crippen LogP contribution in [0.5, 0.6) is 0 Å². The summed E-state index contributed by atoms with van der Waals surface area (Å²) in [5.41, 5.74) is 1.20. The van der Waals surface area contributed by atoms with Crippen LogP contribution in [-0.4, -0.2) is 13.0 Å². The summed E-state index contributed by atoms with van der Waals surface area (Å²) < 4.78 is 33.9. The van der Waals surface area contributed by atoms with E-state index in [2.05, 4.69) is 20.8 Å². The van der Waals surface area contributed by atoms with E-state index in [9.17, 15) is 13.0 Å². The molecule has 0 heterocycles. The minimum atomic E-state index is -4.31. The molecular formula is C18H24O3S. The summed E-state index contributed by atoms with van der Waals surface area (Å²) in [5, 5.41) is 1.40. The van der Waals surface area contributed by atoms with Crippen LogP contribution >= 0.6 is 0 Å². The van der Waals surface area contributed by atoms with E-state index in [-0.39, 0.29) is 15.7 Å². The molecule has 0 aromatic heterocycles. The van der Waals surface area contributed by atoms with Crippen LogP contribution in [0.2, 0.25) is 0 Å². The number of hydrogen-bond donors (Lipinski definition) is 1. The fourth-order valence-electron chi connectivity index (χ4n) is 2.63. The van der Waals surface area contributed by atoms with E-state index in [1.165, 1.54) is 0 Å². The highest BCUT2D eigenvalue weighted by Crippen LogP contribution is 2.36. The maximum atomic E-state index is 12.0. The minimum Gasteiger partial charge on any atom is -0.282 e. The van der Waals surface area contributed by atoms with E-state index < -0.39 is 10.1 Å². The Bertz CT molecular complexity index is 815. The van der Waals surface area contributed by atoms with E-state index >= 15 is 0 Å². The number of rotatable bonds is 1. The summed E-state index contributed by atoms with van der Waals surface area (Å²) in [4.78, 5) is 0.0311. The minimum absolute atomic E-state index is 0.0311.